The molecule has 0 saturated heterocycles. The van der Waals surface area contributed by atoms with Gasteiger partial charge in [-0.2, -0.15) is 0 Å². The molecule has 26 heavy (non-hydrogen) atoms. The van der Waals surface area contributed by atoms with Gasteiger partial charge in [0.05, 0.1) is 36.8 Å². The van der Waals surface area contributed by atoms with Gasteiger partial charge in [-0.15, -0.1) is 0 Å². The van der Waals surface area contributed by atoms with Crippen LogP contribution in [0.25, 0.3) is 17.0 Å². The van der Waals surface area contributed by atoms with Crippen molar-refractivity contribution in [3.8, 4) is 11.5 Å². The number of methoxy groups -OCH3 is 2. The number of nitrogens with one attached hydrogen (secondary N) is 2. The fourth-order valence-electron chi connectivity index (χ4n) is 2.89. The van der Waals surface area contributed by atoms with Crippen molar-refractivity contribution >= 4 is 34.3 Å². The summed E-state index contributed by atoms with van der Waals surface area (Å²) in [5.74, 6) is 0.898. The maximum atomic E-state index is 12.4. The normalized spacial score (nSPS) is 14.5. The lowest BCUT2D eigenvalue weighted by Gasteiger charge is -2.22. The molecule has 3 aromatic rings. The monoisotopic (exact) mass is 347 g/mol. The van der Waals surface area contributed by atoms with Crippen LogP contribution < -0.4 is 20.1 Å². The zero-order valence-corrected chi connectivity index (χ0v) is 14.4. The predicted molar refractivity (Wildman–Crippen MR) is 102 cm³/mol. The molecule has 1 amide bonds. The number of rotatable bonds is 3. The first kappa shape index (κ1) is 16.0. The van der Waals surface area contributed by atoms with Crippen molar-refractivity contribution < 1.29 is 14.3 Å². The summed E-state index contributed by atoms with van der Waals surface area (Å²) >= 11 is 0. The second-order valence-corrected chi connectivity index (χ2v) is 5.82. The van der Waals surface area contributed by atoms with Gasteiger partial charge in [-0.3, -0.25) is 4.79 Å². The van der Waals surface area contributed by atoms with Crippen molar-refractivity contribution in [3.63, 3.8) is 0 Å². The molecule has 6 nitrogen and oxygen atoms in total. The van der Waals surface area contributed by atoms with Crippen LogP contribution in [0.3, 0.4) is 0 Å². The van der Waals surface area contributed by atoms with Gasteiger partial charge in [0.2, 0.25) is 0 Å². The molecule has 2 heterocycles. The largest absolute Gasteiger partial charge is 0.493 e. The summed E-state index contributed by atoms with van der Waals surface area (Å²) in [6, 6.07) is 15.2. The number of fused-ring (bicyclic) bond motifs is 2. The highest BCUT2D eigenvalue weighted by molar-refractivity contribution is 6.13. The summed E-state index contributed by atoms with van der Waals surface area (Å²) < 4.78 is 10.6. The second kappa shape index (κ2) is 6.40. The average molecular weight is 347 g/mol. The lowest BCUT2D eigenvalue weighted by molar-refractivity contribution is -0.112. The fraction of sp³-hybridized carbons (Fsp3) is 0.100. The van der Waals surface area contributed by atoms with Gasteiger partial charge in [-0.05, 0) is 18.2 Å². The van der Waals surface area contributed by atoms with Crippen LogP contribution in [0, 0.1) is 0 Å². The summed E-state index contributed by atoms with van der Waals surface area (Å²) in [4.78, 5) is 17.0. The Morgan fingerprint density at radius 3 is 2.35 bits per heavy atom. The smallest absolute Gasteiger partial charge is 0.272 e. The highest BCUT2D eigenvalue weighted by Gasteiger charge is 2.22. The van der Waals surface area contributed by atoms with Crippen molar-refractivity contribution in [1.29, 1.82) is 0 Å². The standard InChI is InChI=1S/C20H17N3O3/c1-25-18-10-15-16(11-19(18)26-2)23-20(24)17(22-15)9-13-8-7-12-5-3-4-6-14(12)21-13/h3-11,22H,1-2H3,(H,23,24)/b17-9-. The van der Waals surface area contributed by atoms with Crippen LogP contribution in [0.2, 0.25) is 0 Å². The Hall–Kier alpha value is -3.54. The van der Waals surface area contributed by atoms with Crippen LogP contribution in [0.15, 0.2) is 54.2 Å². The van der Waals surface area contributed by atoms with E-state index in [1.165, 1.54) is 0 Å². The molecule has 4 rings (SSSR count). The molecule has 0 unspecified atom stereocenters. The van der Waals surface area contributed by atoms with Gasteiger partial charge in [0.15, 0.2) is 11.5 Å². The van der Waals surface area contributed by atoms with Crippen molar-refractivity contribution in [1.82, 2.24) is 4.98 Å². The maximum Gasteiger partial charge on any atom is 0.272 e. The third-order valence-electron chi connectivity index (χ3n) is 4.20. The zero-order chi connectivity index (χ0) is 18.1. The minimum absolute atomic E-state index is 0.236. The quantitative estimate of drug-likeness (QED) is 0.708. The van der Waals surface area contributed by atoms with E-state index in [1.807, 2.05) is 36.4 Å². The van der Waals surface area contributed by atoms with E-state index in [1.54, 1.807) is 32.4 Å². The molecule has 1 aliphatic heterocycles. The number of amides is 1. The van der Waals surface area contributed by atoms with Crippen LogP contribution >= 0.6 is 0 Å². The van der Waals surface area contributed by atoms with Gasteiger partial charge in [0.1, 0.15) is 5.70 Å². The predicted octanol–water partition coefficient (Wildman–Crippen LogP) is 3.66. The van der Waals surface area contributed by atoms with Gasteiger partial charge in [-0.25, -0.2) is 4.98 Å². The van der Waals surface area contributed by atoms with E-state index < -0.39 is 0 Å². The molecule has 0 atom stereocenters. The zero-order valence-electron chi connectivity index (χ0n) is 14.4. The Labute approximate surface area is 150 Å². The minimum atomic E-state index is -0.236. The van der Waals surface area contributed by atoms with E-state index in [0.717, 1.165) is 16.6 Å². The van der Waals surface area contributed by atoms with E-state index >= 15 is 0 Å². The Kier molecular flexibility index (Phi) is 3.93. The molecule has 1 aliphatic rings. The third-order valence-corrected chi connectivity index (χ3v) is 4.20. The molecule has 0 aliphatic carbocycles. The molecule has 130 valence electrons. The Morgan fingerprint density at radius 1 is 0.923 bits per heavy atom. The van der Waals surface area contributed by atoms with Crippen LogP contribution in [-0.2, 0) is 4.79 Å². The number of anilines is 2. The molecule has 6 heteroatoms. The number of pyridine rings is 1. The van der Waals surface area contributed by atoms with E-state index in [9.17, 15) is 4.79 Å². The summed E-state index contributed by atoms with van der Waals surface area (Å²) in [5, 5.41) is 7.06. The van der Waals surface area contributed by atoms with E-state index in [2.05, 4.69) is 15.6 Å². The van der Waals surface area contributed by atoms with Crippen molar-refractivity contribution in [2.24, 2.45) is 0 Å². The Bertz CT molecular complexity index is 1040. The number of ether oxygens (including phenoxy) is 2. The number of nitrogens with zero attached hydrogens (tertiary/aromatic N) is 1. The molecule has 0 saturated carbocycles. The minimum Gasteiger partial charge on any atom is -0.493 e. The van der Waals surface area contributed by atoms with E-state index in [-0.39, 0.29) is 5.91 Å². The second-order valence-electron chi connectivity index (χ2n) is 5.82. The molecule has 0 spiro atoms. The van der Waals surface area contributed by atoms with Gasteiger partial charge in [0.25, 0.3) is 5.91 Å². The molecular formula is C20H17N3O3. The number of aromatic nitrogens is 1. The molecule has 0 radical (unpaired) electrons. The first-order valence-corrected chi connectivity index (χ1v) is 8.10. The molecule has 2 aromatic carbocycles. The van der Waals surface area contributed by atoms with Crippen molar-refractivity contribution in [3.05, 3.63) is 59.9 Å². The molecule has 0 bridgehead atoms. The highest BCUT2D eigenvalue weighted by Crippen LogP contribution is 2.39. The summed E-state index contributed by atoms with van der Waals surface area (Å²) in [7, 11) is 3.13. The van der Waals surface area contributed by atoms with Crippen LogP contribution in [-0.4, -0.2) is 25.1 Å². The molecule has 0 fully saturated rings. The van der Waals surface area contributed by atoms with Gasteiger partial charge >= 0.3 is 0 Å². The average Bonchev–Trinajstić information content (AvgIpc) is 2.67. The van der Waals surface area contributed by atoms with E-state index in [0.29, 0.717) is 28.6 Å². The van der Waals surface area contributed by atoms with Gasteiger partial charge in [0, 0.05) is 17.5 Å². The van der Waals surface area contributed by atoms with Crippen LogP contribution in [0.5, 0.6) is 11.5 Å². The molecule has 1 aromatic heterocycles. The fourth-order valence-corrected chi connectivity index (χ4v) is 2.89. The van der Waals surface area contributed by atoms with Gasteiger partial charge in [-0.1, -0.05) is 24.3 Å². The number of carbonyl (C=O) groups is 1. The summed E-state index contributed by atoms with van der Waals surface area (Å²) in [5.41, 5.74) is 3.35. The number of para-hydroxylation sites is 1. The number of hydrogen-bond donors (Lipinski definition) is 2. The lowest BCUT2D eigenvalue weighted by Crippen LogP contribution is -2.25. The van der Waals surface area contributed by atoms with Crippen LogP contribution in [0.4, 0.5) is 11.4 Å². The first-order chi connectivity index (χ1) is 12.7. The van der Waals surface area contributed by atoms with Crippen LogP contribution in [0.1, 0.15) is 5.69 Å². The lowest BCUT2D eigenvalue weighted by atomic mass is 10.1. The number of benzene rings is 2. The first-order valence-electron chi connectivity index (χ1n) is 8.10. The molecular weight excluding hydrogens is 330 g/mol. The SMILES string of the molecule is COc1cc2c(cc1OC)N/C(=C\c1ccc3ccccc3n1)C(=O)N2. The summed E-state index contributed by atoms with van der Waals surface area (Å²) in [6.07, 6.45) is 1.72. The Balaban J connectivity index is 1.71. The highest BCUT2D eigenvalue weighted by atomic mass is 16.5. The number of hydrogen-bond acceptors (Lipinski definition) is 5. The molecule has 2 N–H and O–H groups in total. The Morgan fingerprint density at radius 2 is 1.62 bits per heavy atom. The number of carbonyl (C=O) groups excluding carboxylic acids is 1. The third kappa shape index (κ3) is 2.82. The van der Waals surface area contributed by atoms with Gasteiger partial charge < -0.3 is 20.1 Å². The maximum absolute atomic E-state index is 12.4. The van der Waals surface area contributed by atoms with E-state index in [4.69, 9.17) is 9.47 Å². The summed E-state index contributed by atoms with van der Waals surface area (Å²) in [6.45, 7) is 0. The van der Waals surface area contributed by atoms with Crippen molar-refractivity contribution in [2.45, 2.75) is 0 Å². The van der Waals surface area contributed by atoms with Crippen molar-refractivity contribution in [2.75, 3.05) is 24.9 Å². The topological polar surface area (TPSA) is 72.5 Å².